The quantitative estimate of drug-likeness (QED) is 0.694. The molecule has 0 aromatic carbocycles. The minimum atomic E-state index is -0.327. The van der Waals surface area contributed by atoms with E-state index in [1.165, 1.54) is 0 Å². The molecule has 130 valence electrons. The fraction of sp³-hybridized carbons (Fsp3) is 0.353. The summed E-state index contributed by atoms with van der Waals surface area (Å²) in [5, 5.41) is 9.71. The third-order valence-electron chi connectivity index (χ3n) is 4.50. The average molecular weight is 340 g/mol. The lowest BCUT2D eigenvalue weighted by Gasteiger charge is -2.38. The minimum Gasteiger partial charge on any atom is -0.460 e. The van der Waals surface area contributed by atoms with Crippen LogP contribution in [-0.4, -0.2) is 51.2 Å². The van der Waals surface area contributed by atoms with Crippen LogP contribution in [0.2, 0.25) is 0 Å². The van der Waals surface area contributed by atoms with E-state index in [0.717, 1.165) is 54.4 Å². The normalized spacial score (nSPS) is 17.1. The number of hydrogen-bond acceptors (Lipinski definition) is 8. The third kappa shape index (κ3) is 3.19. The Kier molecular flexibility index (Phi) is 4.31. The molecule has 3 aromatic rings. The van der Waals surface area contributed by atoms with E-state index >= 15 is 0 Å². The lowest BCUT2D eigenvalue weighted by atomic mass is 10.1. The maximum Gasteiger partial charge on any atom is 0.153 e. The highest BCUT2D eigenvalue weighted by molar-refractivity contribution is 5.73. The SMILES string of the molecule is Cc1cc2ncc(C(NO)N3CCN(c4cnccn4)CC3)cc2o1. The zero-order valence-corrected chi connectivity index (χ0v) is 14.0. The molecule has 1 atom stereocenters. The van der Waals surface area contributed by atoms with Gasteiger partial charge in [0, 0.05) is 56.4 Å². The van der Waals surface area contributed by atoms with Gasteiger partial charge in [-0.3, -0.25) is 14.9 Å². The molecule has 1 saturated heterocycles. The van der Waals surface area contributed by atoms with Crippen LogP contribution in [0.25, 0.3) is 11.1 Å². The molecule has 1 aliphatic rings. The zero-order valence-electron chi connectivity index (χ0n) is 14.0. The average Bonchev–Trinajstić information content (AvgIpc) is 3.03. The van der Waals surface area contributed by atoms with Crippen molar-refractivity contribution in [3.63, 3.8) is 0 Å². The lowest BCUT2D eigenvalue weighted by molar-refractivity contribution is 0.0279. The summed E-state index contributed by atoms with van der Waals surface area (Å²) in [6, 6.07) is 3.83. The van der Waals surface area contributed by atoms with Gasteiger partial charge in [0.1, 0.15) is 23.3 Å². The Hall–Kier alpha value is -2.55. The molecular formula is C17H20N6O2. The number of nitrogens with one attached hydrogen (secondary N) is 1. The number of furan rings is 1. The van der Waals surface area contributed by atoms with Crippen molar-refractivity contribution in [1.29, 1.82) is 0 Å². The molecule has 0 spiro atoms. The lowest BCUT2D eigenvalue weighted by Crippen LogP contribution is -2.50. The largest absolute Gasteiger partial charge is 0.460 e. The van der Waals surface area contributed by atoms with E-state index in [1.807, 2.05) is 19.1 Å². The van der Waals surface area contributed by atoms with Crippen LogP contribution in [-0.2, 0) is 0 Å². The van der Waals surface area contributed by atoms with Crippen molar-refractivity contribution in [3.05, 3.63) is 48.2 Å². The Labute approximate surface area is 145 Å². The van der Waals surface area contributed by atoms with Gasteiger partial charge in [-0.15, -0.1) is 0 Å². The Morgan fingerprint density at radius 1 is 1.12 bits per heavy atom. The Balaban J connectivity index is 1.49. The van der Waals surface area contributed by atoms with E-state index in [1.54, 1.807) is 24.8 Å². The Morgan fingerprint density at radius 3 is 2.68 bits per heavy atom. The van der Waals surface area contributed by atoms with Crippen LogP contribution in [0.5, 0.6) is 0 Å². The number of fused-ring (bicyclic) bond motifs is 1. The summed E-state index contributed by atoms with van der Waals surface area (Å²) in [5.41, 5.74) is 4.84. The van der Waals surface area contributed by atoms with Gasteiger partial charge in [0.05, 0.1) is 6.20 Å². The Bertz CT molecular complexity index is 845. The van der Waals surface area contributed by atoms with Crippen LogP contribution in [0.3, 0.4) is 0 Å². The molecule has 1 unspecified atom stereocenters. The summed E-state index contributed by atoms with van der Waals surface area (Å²) in [4.78, 5) is 17.3. The van der Waals surface area contributed by atoms with Gasteiger partial charge in [-0.25, -0.2) is 4.98 Å². The Morgan fingerprint density at radius 2 is 1.96 bits per heavy atom. The van der Waals surface area contributed by atoms with Gasteiger partial charge in [-0.05, 0) is 13.0 Å². The van der Waals surface area contributed by atoms with Crippen LogP contribution < -0.4 is 10.4 Å². The maximum absolute atomic E-state index is 9.71. The highest BCUT2D eigenvalue weighted by Crippen LogP contribution is 2.24. The van der Waals surface area contributed by atoms with Crippen molar-refractivity contribution in [3.8, 4) is 0 Å². The smallest absolute Gasteiger partial charge is 0.153 e. The first-order valence-corrected chi connectivity index (χ1v) is 8.25. The first-order chi connectivity index (χ1) is 12.2. The number of aryl methyl sites for hydroxylation is 1. The third-order valence-corrected chi connectivity index (χ3v) is 4.50. The molecule has 1 fully saturated rings. The minimum absolute atomic E-state index is 0.327. The predicted molar refractivity (Wildman–Crippen MR) is 92.2 cm³/mol. The van der Waals surface area contributed by atoms with Crippen LogP contribution >= 0.6 is 0 Å². The van der Waals surface area contributed by atoms with Crippen molar-refractivity contribution < 1.29 is 9.62 Å². The maximum atomic E-state index is 9.71. The molecule has 1 aliphatic heterocycles. The molecule has 2 N–H and O–H groups in total. The van der Waals surface area contributed by atoms with E-state index in [2.05, 4.69) is 30.2 Å². The van der Waals surface area contributed by atoms with Gasteiger partial charge in [0.15, 0.2) is 5.58 Å². The molecule has 0 bridgehead atoms. The molecule has 25 heavy (non-hydrogen) atoms. The number of piperazine rings is 1. The van der Waals surface area contributed by atoms with Crippen molar-refractivity contribution in [2.75, 3.05) is 31.1 Å². The van der Waals surface area contributed by atoms with Gasteiger partial charge in [0.2, 0.25) is 0 Å². The van der Waals surface area contributed by atoms with Gasteiger partial charge >= 0.3 is 0 Å². The summed E-state index contributed by atoms with van der Waals surface area (Å²) in [6.07, 6.45) is 6.59. The van der Waals surface area contributed by atoms with Gasteiger partial charge in [-0.1, -0.05) is 0 Å². The molecule has 0 aliphatic carbocycles. The molecule has 4 rings (SSSR count). The van der Waals surface area contributed by atoms with Crippen molar-refractivity contribution in [1.82, 2.24) is 25.3 Å². The van der Waals surface area contributed by atoms with Crippen molar-refractivity contribution in [2.24, 2.45) is 0 Å². The summed E-state index contributed by atoms with van der Waals surface area (Å²) in [6.45, 7) is 5.08. The second kappa shape index (κ2) is 6.75. The highest BCUT2D eigenvalue weighted by atomic mass is 16.5. The molecule has 8 nitrogen and oxygen atoms in total. The fourth-order valence-corrected chi connectivity index (χ4v) is 3.24. The van der Waals surface area contributed by atoms with E-state index < -0.39 is 0 Å². The summed E-state index contributed by atoms with van der Waals surface area (Å²) in [7, 11) is 0. The zero-order chi connectivity index (χ0) is 17.2. The summed E-state index contributed by atoms with van der Waals surface area (Å²) < 4.78 is 5.65. The van der Waals surface area contributed by atoms with Crippen LogP contribution in [0.1, 0.15) is 17.5 Å². The van der Waals surface area contributed by atoms with Crippen LogP contribution in [0.15, 0.2) is 41.3 Å². The number of pyridine rings is 1. The van der Waals surface area contributed by atoms with Crippen molar-refractivity contribution in [2.45, 2.75) is 13.1 Å². The first kappa shape index (κ1) is 15.9. The second-order valence-corrected chi connectivity index (χ2v) is 6.13. The van der Waals surface area contributed by atoms with E-state index in [-0.39, 0.29) is 6.17 Å². The van der Waals surface area contributed by atoms with E-state index in [0.29, 0.717) is 0 Å². The number of hydrogen-bond donors (Lipinski definition) is 2. The van der Waals surface area contributed by atoms with Crippen LogP contribution in [0.4, 0.5) is 5.82 Å². The van der Waals surface area contributed by atoms with Gasteiger partial charge in [0.25, 0.3) is 0 Å². The van der Waals surface area contributed by atoms with Crippen LogP contribution in [0, 0.1) is 6.92 Å². The van der Waals surface area contributed by atoms with Gasteiger partial charge in [-0.2, -0.15) is 5.48 Å². The van der Waals surface area contributed by atoms with E-state index in [9.17, 15) is 5.21 Å². The topological polar surface area (TPSA) is 90.6 Å². The monoisotopic (exact) mass is 340 g/mol. The van der Waals surface area contributed by atoms with E-state index in [4.69, 9.17) is 4.42 Å². The molecule has 0 radical (unpaired) electrons. The summed E-state index contributed by atoms with van der Waals surface area (Å²) >= 11 is 0. The number of rotatable bonds is 4. The van der Waals surface area contributed by atoms with Crippen molar-refractivity contribution >= 4 is 16.9 Å². The molecule has 0 amide bonds. The number of anilines is 1. The summed E-state index contributed by atoms with van der Waals surface area (Å²) in [5.74, 6) is 1.70. The molecular weight excluding hydrogens is 320 g/mol. The number of aromatic nitrogens is 3. The fourth-order valence-electron chi connectivity index (χ4n) is 3.24. The second-order valence-electron chi connectivity index (χ2n) is 6.13. The highest BCUT2D eigenvalue weighted by Gasteiger charge is 2.26. The van der Waals surface area contributed by atoms with Gasteiger partial charge < -0.3 is 14.5 Å². The molecule has 3 aromatic heterocycles. The first-order valence-electron chi connectivity index (χ1n) is 8.25. The standard InChI is InChI=1S/C17H20N6O2/c1-12-8-14-15(25-12)9-13(10-20-14)17(21-24)23-6-4-22(5-7-23)16-11-18-2-3-19-16/h2-3,8-11,17,21,24H,4-7H2,1H3. The molecule has 8 heteroatoms. The molecule has 4 heterocycles. The molecule has 0 saturated carbocycles. The number of nitrogens with zero attached hydrogens (tertiary/aromatic N) is 5. The number of hydroxylamine groups is 1. The predicted octanol–water partition coefficient (Wildman–Crippen LogP) is 1.73.